The van der Waals surface area contributed by atoms with Gasteiger partial charge < -0.3 is 15.5 Å². The van der Waals surface area contributed by atoms with Gasteiger partial charge in [-0.1, -0.05) is 12.1 Å². The number of carbonyl (C=O) groups excluding carboxylic acids is 3. The van der Waals surface area contributed by atoms with Gasteiger partial charge in [0.15, 0.2) is 0 Å². The molecule has 2 N–H and O–H groups in total. The van der Waals surface area contributed by atoms with Gasteiger partial charge in [0.1, 0.15) is 5.82 Å². The van der Waals surface area contributed by atoms with E-state index in [1.54, 1.807) is 6.92 Å². The van der Waals surface area contributed by atoms with Crippen LogP contribution in [0.25, 0.3) is 0 Å². The van der Waals surface area contributed by atoms with Crippen LogP contribution in [-0.4, -0.2) is 47.8 Å². The molecule has 0 spiro atoms. The van der Waals surface area contributed by atoms with E-state index in [1.807, 2.05) is 20.8 Å². The molecule has 0 aliphatic rings. The van der Waals surface area contributed by atoms with Crippen molar-refractivity contribution in [3.8, 4) is 0 Å². The lowest BCUT2D eigenvalue weighted by atomic mass is 10.1. The fourth-order valence-electron chi connectivity index (χ4n) is 2.02. The van der Waals surface area contributed by atoms with Crippen LogP contribution in [0.3, 0.4) is 0 Å². The van der Waals surface area contributed by atoms with Crippen molar-refractivity contribution in [1.29, 1.82) is 0 Å². The van der Waals surface area contributed by atoms with Gasteiger partial charge in [-0.25, -0.2) is 4.39 Å². The summed E-state index contributed by atoms with van der Waals surface area (Å²) in [5.74, 6) is -2.01. The molecule has 1 aromatic rings. The summed E-state index contributed by atoms with van der Waals surface area (Å²) in [6.45, 7) is 7.20. The van der Waals surface area contributed by atoms with Crippen molar-refractivity contribution < 1.29 is 18.8 Å². The maximum Gasteiger partial charge on any atom is 0.254 e. The Morgan fingerprint density at radius 1 is 1.17 bits per heavy atom. The third-order valence-electron chi connectivity index (χ3n) is 3.10. The fourth-order valence-corrected chi connectivity index (χ4v) is 2.02. The van der Waals surface area contributed by atoms with E-state index >= 15 is 0 Å². The quantitative estimate of drug-likeness (QED) is 0.822. The van der Waals surface area contributed by atoms with Crippen molar-refractivity contribution in [2.75, 3.05) is 19.6 Å². The molecule has 0 bridgehead atoms. The number of amides is 3. The molecule has 3 amide bonds. The molecule has 1 aromatic carbocycles. The molecule has 7 heteroatoms. The van der Waals surface area contributed by atoms with Gasteiger partial charge in [-0.3, -0.25) is 14.4 Å². The van der Waals surface area contributed by atoms with E-state index in [0.717, 1.165) is 0 Å². The summed E-state index contributed by atoms with van der Waals surface area (Å²) in [4.78, 5) is 37.2. The molecule has 0 radical (unpaired) electrons. The number of halogens is 1. The van der Waals surface area contributed by atoms with E-state index < -0.39 is 23.2 Å². The first kappa shape index (κ1) is 19.6. The molecule has 0 fully saturated rings. The van der Waals surface area contributed by atoms with Crippen LogP contribution < -0.4 is 10.6 Å². The lowest BCUT2D eigenvalue weighted by Gasteiger charge is -2.25. The highest BCUT2D eigenvalue weighted by Gasteiger charge is 2.20. The molecule has 1 rings (SSSR count). The first-order valence-corrected chi connectivity index (χ1v) is 7.75. The number of rotatable bonds is 6. The van der Waals surface area contributed by atoms with Crippen LogP contribution in [0.2, 0.25) is 0 Å². The maximum absolute atomic E-state index is 13.5. The lowest BCUT2D eigenvalue weighted by molar-refractivity contribution is -0.135. The predicted octanol–water partition coefficient (Wildman–Crippen LogP) is 1.32. The molecule has 0 aliphatic carbocycles. The lowest BCUT2D eigenvalue weighted by Crippen LogP contribution is -2.49. The molecule has 24 heavy (non-hydrogen) atoms. The second-order valence-corrected chi connectivity index (χ2v) is 6.37. The number of likely N-dealkylation sites (N-methyl/N-ethyl adjacent to an activating group) is 1. The van der Waals surface area contributed by atoms with Gasteiger partial charge in [-0.15, -0.1) is 0 Å². The summed E-state index contributed by atoms with van der Waals surface area (Å²) < 4.78 is 13.5. The number of nitrogens with one attached hydrogen (secondary N) is 2. The smallest absolute Gasteiger partial charge is 0.254 e. The molecular formula is C17H24FN3O3. The maximum atomic E-state index is 13.5. The topological polar surface area (TPSA) is 78.5 Å². The Bertz CT molecular complexity index is 611. The van der Waals surface area contributed by atoms with Gasteiger partial charge in [0.2, 0.25) is 11.8 Å². The third kappa shape index (κ3) is 6.36. The van der Waals surface area contributed by atoms with Crippen molar-refractivity contribution >= 4 is 17.7 Å². The number of nitrogens with zero attached hydrogens (tertiary/aromatic N) is 1. The van der Waals surface area contributed by atoms with E-state index in [-0.39, 0.29) is 24.6 Å². The van der Waals surface area contributed by atoms with Gasteiger partial charge in [-0.2, -0.15) is 0 Å². The Kier molecular flexibility index (Phi) is 6.88. The Morgan fingerprint density at radius 3 is 2.33 bits per heavy atom. The van der Waals surface area contributed by atoms with Crippen LogP contribution in [0.15, 0.2) is 24.3 Å². The second-order valence-electron chi connectivity index (χ2n) is 6.37. The zero-order chi connectivity index (χ0) is 18.3. The molecule has 132 valence electrons. The highest BCUT2D eigenvalue weighted by molar-refractivity contribution is 5.97. The zero-order valence-electron chi connectivity index (χ0n) is 14.5. The normalized spacial score (nSPS) is 10.9. The molecule has 0 unspecified atom stereocenters. The average molecular weight is 337 g/mol. The van der Waals surface area contributed by atoms with Crippen LogP contribution in [-0.2, 0) is 9.59 Å². The van der Waals surface area contributed by atoms with Crippen LogP contribution >= 0.6 is 0 Å². The van der Waals surface area contributed by atoms with Crippen molar-refractivity contribution in [2.24, 2.45) is 0 Å². The summed E-state index contributed by atoms with van der Waals surface area (Å²) in [7, 11) is 0. The number of benzene rings is 1. The molecule has 0 aromatic heterocycles. The summed E-state index contributed by atoms with van der Waals surface area (Å²) in [5.41, 5.74) is -0.516. The molecule has 0 aliphatic heterocycles. The number of hydrogen-bond acceptors (Lipinski definition) is 3. The molecule has 0 saturated carbocycles. The van der Waals surface area contributed by atoms with Gasteiger partial charge in [0, 0.05) is 12.1 Å². The summed E-state index contributed by atoms with van der Waals surface area (Å²) in [6, 6.07) is 5.52. The first-order chi connectivity index (χ1) is 11.1. The van der Waals surface area contributed by atoms with Crippen molar-refractivity contribution in [1.82, 2.24) is 15.5 Å². The Morgan fingerprint density at radius 2 is 1.79 bits per heavy atom. The minimum Gasteiger partial charge on any atom is -0.350 e. The van der Waals surface area contributed by atoms with Crippen LogP contribution in [0.1, 0.15) is 38.1 Å². The van der Waals surface area contributed by atoms with E-state index in [1.165, 1.54) is 29.2 Å². The minimum atomic E-state index is -0.670. The molecule has 0 heterocycles. The van der Waals surface area contributed by atoms with Gasteiger partial charge in [0.25, 0.3) is 5.91 Å². The monoisotopic (exact) mass is 337 g/mol. The van der Waals surface area contributed by atoms with E-state index in [2.05, 4.69) is 10.6 Å². The number of carbonyl (C=O) groups is 3. The summed E-state index contributed by atoms with van der Waals surface area (Å²) >= 11 is 0. The van der Waals surface area contributed by atoms with Gasteiger partial charge in [0.05, 0.1) is 18.7 Å². The molecule has 0 atom stereocenters. The predicted molar refractivity (Wildman–Crippen MR) is 88.9 cm³/mol. The van der Waals surface area contributed by atoms with E-state index in [0.29, 0.717) is 6.54 Å². The zero-order valence-corrected chi connectivity index (χ0v) is 14.5. The van der Waals surface area contributed by atoms with Crippen LogP contribution in [0.4, 0.5) is 4.39 Å². The average Bonchev–Trinajstić information content (AvgIpc) is 2.48. The second kappa shape index (κ2) is 8.42. The molecule has 0 saturated heterocycles. The molecule has 6 nitrogen and oxygen atoms in total. The number of hydrogen-bond donors (Lipinski definition) is 2. The Hall–Kier alpha value is -2.44. The highest BCUT2D eigenvalue weighted by Crippen LogP contribution is 2.05. The van der Waals surface area contributed by atoms with Crippen LogP contribution in [0, 0.1) is 5.82 Å². The van der Waals surface area contributed by atoms with Gasteiger partial charge in [-0.05, 0) is 39.8 Å². The van der Waals surface area contributed by atoms with Crippen molar-refractivity contribution in [3.63, 3.8) is 0 Å². The third-order valence-corrected chi connectivity index (χ3v) is 3.10. The Labute approximate surface area is 141 Å². The minimum absolute atomic E-state index is 0.0951. The summed E-state index contributed by atoms with van der Waals surface area (Å²) in [6.07, 6.45) is 0. The summed E-state index contributed by atoms with van der Waals surface area (Å²) in [5, 5.41) is 5.14. The largest absolute Gasteiger partial charge is 0.350 e. The van der Waals surface area contributed by atoms with E-state index in [4.69, 9.17) is 0 Å². The SMILES string of the molecule is CCN(CC(=O)NC(C)(C)C)C(=O)CNC(=O)c1ccccc1F. The first-order valence-electron chi connectivity index (χ1n) is 7.75. The Balaban J connectivity index is 2.57. The van der Waals surface area contributed by atoms with Crippen molar-refractivity contribution in [3.05, 3.63) is 35.6 Å². The fraction of sp³-hybridized carbons (Fsp3) is 0.471. The molecular weight excluding hydrogens is 313 g/mol. The van der Waals surface area contributed by atoms with E-state index in [9.17, 15) is 18.8 Å². The standard InChI is InChI=1S/C17H24FN3O3/c1-5-21(11-14(22)20-17(2,3)4)15(23)10-19-16(24)12-8-6-7-9-13(12)18/h6-9H,5,10-11H2,1-4H3,(H,19,24)(H,20,22). The van der Waals surface area contributed by atoms with Crippen LogP contribution in [0.5, 0.6) is 0 Å². The highest BCUT2D eigenvalue weighted by atomic mass is 19.1. The van der Waals surface area contributed by atoms with Crippen molar-refractivity contribution in [2.45, 2.75) is 33.2 Å². The van der Waals surface area contributed by atoms with Gasteiger partial charge >= 0.3 is 0 Å².